The molecule has 2 N–H and O–H groups in total. The van der Waals surface area contributed by atoms with Crippen LogP contribution in [0, 0.1) is 0 Å². The quantitative estimate of drug-likeness (QED) is 0.848. The van der Waals surface area contributed by atoms with Crippen LogP contribution in [0.15, 0.2) is 41.7 Å². The first-order valence-electron chi connectivity index (χ1n) is 6.32. The summed E-state index contributed by atoms with van der Waals surface area (Å²) < 4.78 is 1.96. The lowest BCUT2D eigenvalue weighted by Gasteiger charge is -2.09. The molecule has 0 spiro atoms. The molecule has 1 aliphatic rings. The van der Waals surface area contributed by atoms with Crippen LogP contribution in [0.4, 0.5) is 0 Å². The molecule has 6 nitrogen and oxygen atoms in total. The molecule has 1 aromatic heterocycles. The second-order valence-electron chi connectivity index (χ2n) is 4.54. The van der Waals surface area contributed by atoms with Gasteiger partial charge in [0, 0.05) is 11.7 Å². The summed E-state index contributed by atoms with van der Waals surface area (Å²) in [6.45, 7) is 3.51. The van der Waals surface area contributed by atoms with Crippen molar-refractivity contribution >= 4 is 5.96 Å². The van der Waals surface area contributed by atoms with E-state index in [1.807, 2.05) is 34.9 Å². The Labute approximate surface area is 111 Å². The fraction of sp³-hybridized carbons (Fsp3) is 0.308. The standard InChI is InChI=1S/C13H16N6/c1-10-7-14-13(17-10)15-8-12-18-16-9-19(12)11-5-3-2-4-6-11/h2-6,9-10H,7-8H2,1H3,(H2,14,15,17). The number of hydrogen-bond acceptors (Lipinski definition) is 5. The molecule has 0 saturated heterocycles. The zero-order valence-electron chi connectivity index (χ0n) is 10.7. The van der Waals surface area contributed by atoms with E-state index in [4.69, 9.17) is 0 Å². The molecule has 1 aromatic carbocycles. The van der Waals surface area contributed by atoms with Crippen molar-refractivity contribution in [3.63, 3.8) is 0 Å². The smallest absolute Gasteiger partial charge is 0.191 e. The lowest BCUT2D eigenvalue weighted by atomic mass is 10.3. The van der Waals surface area contributed by atoms with Gasteiger partial charge in [-0.15, -0.1) is 10.2 Å². The number of aromatic nitrogens is 3. The summed E-state index contributed by atoms with van der Waals surface area (Å²) in [5.74, 6) is 1.69. The van der Waals surface area contributed by atoms with Crippen LogP contribution >= 0.6 is 0 Å². The van der Waals surface area contributed by atoms with Gasteiger partial charge in [0.1, 0.15) is 6.33 Å². The van der Waals surface area contributed by atoms with Crippen LogP contribution in [-0.4, -0.2) is 33.3 Å². The maximum atomic E-state index is 4.36. The number of benzene rings is 1. The zero-order chi connectivity index (χ0) is 13.1. The summed E-state index contributed by atoms with van der Waals surface area (Å²) in [5.41, 5.74) is 1.05. The van der Waals surface area contributed by atoms with E-state index < -0.39 is 0 Å². The van der Waals surface area contributed by atoms with E-state index in [-0.39, 0.29) is 0 Å². The first-order valence-corrected chi connectivity index (χ1v) is 6.32. The molecule has 0 fully saturated rings. The Morgan fingerprint density at radius 1 is 1.37 bits per heavy atom. The number of para-hydroxylation sites is 1. The fourth-order valence-corrected chi connectivity index (χ4v) is 2.01. The minimum absolute atomic E-state index is 0.398. The predicted octanol–water partition coefficient (Wildman–Crippen LogP) is 0.705. The first-order chi connectivity index (χ1) is 9.33. The molecule has 0 radical (unpaired) electrons. The average Bonchev–Trinajstić information content (AvgIpc) is 3.06. The molecule has 19 heavy (non-hydrogen) atoms. The third-order valence-corrected chi connectivity index (χ3v) is 2.97. The Morgan fingerprint density at radius 3 is 2.95 bits per heavy atom. The van der Waals surface area contributed by atoms with Gasteiger partial charge in [-0.3, -0.25) is 9.56 Å². The van der Waals surface area contributed by atoms with Crippen molar-refractivity contribution in [2.75, 3.05) is 6.54 Å². The highest BCUT2D eigenvalue weighted by Crippen LogP contribution is 2.08. The summed E-state index contributed by atoms with van der Waals surface area (Å²) in [6.07, 6.45) is 1.72. The molecule has 2 aromatic rings. The van der Waals surface area contributed by atoms with E-state index in [0.717, 1.165) is 24.0 Å². The van der Waals surface area contributed by atoms with Gasteiger partial charge in [-0.2, -0.15) is 0 Å². The SMILES string of the molecule is CC1CN=C(NCc2nncn2-c2ccccc2)N1. The van der Waals surface area contributed by atoms with Gasteiger partial charge in [0.2, 0.25) is 0 Å². The van der Waals surface area contributed by atoms with Gasteiger partial charge < -0.3 is 10.6 Å². The van der Waals surface area contributed by atoms with Crippen LogP contribution in [0.2, 0.25) is 0 Å². The fourth-order valence-electron chi connectivity index (χ4n) is 2.01. The zero-order valence-corrected chi connectivity index (χ0v) is 10.7. The van der Waals surface area contributed by atoms with Gasteiger partial charge in [0.25, 0.3) is 0 Å². The Morgan fingerprint density at radius 2 is 2.21 bits per heavy atom. The molecule has 0 bridgehead atoms. The Kier molecular flexibility index (Phi) is 3.14. The van der Waals surface area contributed by atoms with Gasteiger partial charge in [-0.25, -0.2) is 0 Å². The van der Waals surface area contributed by atoms with Gasteiger partial charge in [-0.05, 0) is 19.1 Å². The molecule has 0 saturated carbocycles. The van der Waals surface area contributed by atoms with E-state index in [2.05, 4.69) is 32.7 Å². The second kappa shape index (κ2) is 5.09. The van der Waals surface area contributed by atoms with Gasteiger partial charge >= 0.3 is 0 Å². The van der Waals surface area contributed by atoms with Crippen molar-refractivity contribution in [2.45, 2.75) is 19.5 Å². The van der Waals surface area contributed by atoms with Crippen LogP contribution in [0.25, 0.3) is 5.69 Å². The van der Waals surface area contributed by atoms with Crippen molar-refractivity contribution in [1.82, 2.24) is 25.4 Å². The van der Waals surface area contributed by atoms with Crippen LogP contribution < -0.4 is 10.6 Å². The molecule has 2 heterocycles. The highest BCUT2D eigenvalue weighted by atomic mass is 15.3. The molecule has 1 aliphatic heterocycles. The predicted molar refractivity (Wildman–Crippen MR) is 73.1 cm³/mol. The normalized spacial score (nSPS) is 17.9. The Hall–Kier alpha value is -2.37. The molecule has 1 unspecified atom stereocenters. The Bertz CT molecular complexity index is 574. The van der Waals surface area contributed by atoms with E-state index >= 15 is 0 Å². The molecule has 6 heteroatoms. The average molecular weight is 256 g/mol. The largest absolute Gasteiger partial charge is 0.352 e. The first kappa shape index (κ1) is 11.7. The van der Waals surface area contributed by atoms with Crippen molar-refractivity contribution in [3.05, 3.63) is 42.5 Å². The van der Waals surface area contributed by atoms with Crippen molar-refractivity contribution in [2.24, 2.45) is 4.99 Å². The van der Waals surface area contributed by atoms with Crippen molar-refractivity contribution in [1.29, 1.82) is 0 Å². The van der Waals surface area contributed by atoms with Gasteiger partial charge in [0.15, 0.2) is 11.8 Å². The maximum Gasteiger partial charge on any atom is 0.191 e. The van der Waals surface area contributed by atoms with Crippen LogP contribution in [0.3, 0.4) is 0 Å². The minimum Gasteiger partial charge on any atom is -0.352 e. The molecule has 98 valence electrons. The topological polar surface area (TPSA) is 67.1 Å². The van der Waals surface area contributed by atoms with Crippen LogP contribution in [0.1, 0.15) is 12.7 Å². The summed E-state index contributed by atoms with van der Waals surface area (Å²) in [7, 11) is 0. The summed E-state index contributed by atoms with van der Waals surface area (Å²) in [6, 6.07) is 10.4. The number of nitrogens with one attached hydrogen (secondary N) is 2. The molecular weight excluding hydrogens is 240 g/mol. The van der Waals surface area contributed by atoms with E-state index in [9.17, 15) is 0 Å². The third kappa shape index (κ3) is 2.57. The number of hydrogen-bond donors (Lipinski definition) is 2. The van der Waals surface area contributed by atoms with Crippen LogP contribution in [0.5, 0.6) is 0 Å². The van der Waals surface area contributed by atoms with Gasteiger partial charge in [0.05, 0.1) is 13.1 Å². The number of rotatable bonds is 3. The molecule has 3 rings (SSSR count). The van der Waals surface area contributed by atoms with Crippen molar-refractivity contribution in [3.8, 4) is 5.69 Å². The van der Waals surface area contributed by atoms with Gasteiger partial charge in [-0.1, -0.05) is 18.2 Å². The Balaban J connectivity index is 1.71. The summed E-state index contributed by atoms with van der Waals surface area (Å²) in [4.78, 5) is 4.36. The highest BCUT2D eigenvalue weighted by molar-refractivity contribution is 5.81. The monoisotopic (exact) mass is 256 g/mol. The maximum absolute atomic E-state index is 4.36. The summed E-state index contributed by atoms with van der Waals surface area (Å²) >= 11 is 0. The molecule has 0 aliphatic carbocycles. The lowest BCUT2D eigenvalue weighted by Crippen LogP contribution is -2.37. The van der Waals surface area contributed by atoms with E-state index in [1.54, 1.807) is 6.33 Å². The number of nitrogens with zero attached hydrogens (tertiary/aromatic N) is 4. The van der Waals surface area contributed by atoms with Crippen molar-refractivity contribution < 1.29 is 0 Å². The highest BCUT2D eigenvalue weighted by Gasteiger charge is 2.13. The summed E-state index contributed by atoms with van der Waals surface area (Å²) in [5, 5.41) is 14.6. The van der Waals surface area contributed by atoms with E-state index in [1.165, 1.54) is 0 Å². The lowest BCUT2D eigenvalue weighted by molar-refractivity contribution is 0.706. The number of aliphatic imine (C=N–C) groups is 1. The third-order valence-electron chi connectivity index (χ3n) is 2.97. The molecule has 0 amide bonds. The molecular formula is C13H16N6. The number of guanidine groups is 1. The van der Waals surface area contributed by atoms with Crippen LogP contribution in [-0.2, 0) is 6.54 Å². The minimum atomic E-state index is 0.398. The molecule has 1 atom stereocenters. The van der Waals surface area contributed by atoms with E-state index in [0.29, 0.717) is 12.6 Å². The second-order valence-corrected chi connectivity index (χ2v) is 4.54.